The molecule has 30 heavy (non-hydrogen) atoms. The predicted molar refractivity (Wildman–Crippen MR) is 113 cm³/mol. The van der Waals surface area contributed by atoms with Crippen LogP contribution in [0.4, 0.5) is 0 Å². The van der Waals surface area contributed by atoms with Crippen LogP contribution in [0.1, 0.15) is 47.6 Å². The van der Waals surface area contributed by atoms with E-state index in [0.29, 0.717) is 25.1 Å². The topological polar surface area (TPSA) is 67.9 Å². The number of carbonyl (C=O) groups is 2. The number of carbonyl (C=O) groups excluding carboxylic acids is 2. The Hall–Kier alpha value is -2.86. The van der Waals surface area contributed by atoms with Crippen LogP contribution in [0.15, 0.2) is 54.6 Å². The smallest absolute Gasteiger partial charge is 0.251 e. The highest BCUT2D eigenvalue weighted by atomic mass is 16.5. The molecule has 0 aromatic heterocycles. The molecule has 2 unspecified atom stereocenters. The molecule has 2 aliphatic rings. The summed E-state index contributed by atoms with van der Waals surface area (Å²) in [6.07, 6.45) is 3.73. The van der Waals surface area contributed by atoms with Crippen LogP contribution in [-0.4, -0.2) is 49.1 Å². The van der Waals surface area contributed by atoms with Gasteiger partial charge in [-0.05, 0) is 49.1 Å². The maximum absolute atomic E-state index is 12.9. The average molecular weight is 408 g/mol. The normalized spacial score (nSPS) is 19.7. The summed E-state index contributed by atoms with van der Waals surface area (Å²) in [4.78, 5) is 26.8. The number of likely N-dealkylation sites (tertiary alicyclic amines) is 1. The van der Waals surface area contributed by atoms with E-state index < -0.39 is 0 Å². The molecule has 0 aliphatic carbocycles. The van der Waals surface area contributed by atoms with Crippen molar-refractivity contribution in [1.82, 2.24) is 10.2 Å². The van der Waals surface area contributed by atoms with E-state index in [4.69, 9.17) is 9.47 Å². The van der Waals surface area contributed by atoms with Gasteiger partial charge in [0.15, 0.2) is 0 Å². The van der Waals surface area contributed by atoms with Crippen LogP contribution in [0.5, 0.6) is 5.75 Å². The fourth-order valence-electron chi connectivity index (χ4n) is 3.95. The highest BCUT2D eigenvalue weighted by Crippen LogP contribution is 2.20. The van der Waals surface area contributed by atoms with Crippen molar-refractivity contribution >= 4 is 11.8 Å². The molecule has 0 bridgehead atoms. The van der Waals surface area contributed by atoms with Gasteiger partial charge in [-0.25, -0.2) is 0 Å². The molecule has 2 aliphatic heterocycles. The van der Waals surface area contributed by atoms with Crippen molar-refractivity contribution in [2.45, 2.75) is 37.8 Å². The summed E-state index contributed by atoms with van der Waals surface area (Å²) >= 11 is 0. The average Bonchev–Trinajstić information content (AvgIpc) is 3.45. The van der Waals surface area contributed by atoms with Gasteiger partial charge in [0, 0.05) is 31.7 Å². The van der Waals surface area contributed by atoms with E-state index in [0.717, 1.165) is 43.7 Å². The molecule has 0 spiro atoms. The monoisotopic (exact) mass is 408 g/mol. The lowest BCUT2D eigenvalue weighted by atomic mass is 10.1. The molecule has 2 aromatic carbocycles. The molecular formula is C24H28N2O4. The van der Waals surface area contributed by atoms with Gasteiger partial charge in [-0.1, -0.05) is 30.3 Å². The minimum atomic E-state index is -0.254. The highest BCUT2D eigenvalue weighted by molar-refractivity contribution is 5.94. The van der Waals surface area contributed by atoms with Crippen LogP contribution in [0.25, 0.3) is 0 Å². The fourth-order valence-corrected chi connectivity index (χ4v) is 3.95. The number of nitrogens with zero attached hydrogens (tertiary/aromatic N) is 1. The van der Waals surface area contributed by atoms with E-state index in [1.165, 1.54) is 0 Å². The Morgan fingerprint density at radius 1 is 1.13 bits per heavy atom. The molecular weight excluding hydrogens is 380 g/mol. The van der Waals surface area contributed by atoms with E-state index in [2.05, 4.69) is 5.32 Å². The van der Waals surface area contributed by atoms with Gasteiger partial charge in [0.1, 0.15) is 12.4 Å². The lowest BCUT2D eigenvalue weighted by Gasteiger charge is -2.25. The second-order valence-corrected chi connectivity index (χ2v) is 7.85. The van der Waals surface area contributed by atoms with E-state index in [1.54, 1.807) is 12.1 Å². The molecule has 2 heterocycles. The Kier molecular flexibility index (Phi) is 6.64. The zero-order valence-electron chi connectivity index (χ0n) is 17.1. The van der Waals surface area contributed by atoms with Gasteiger partial charge in [-0.3, -0.25) is 9.59 Å². The number of amides is 2. The molecule has 0 saturated carbocycles. The van der Waals surface area contributed by atoms with Crippen LogP contribution in [0, 0.1) is 0 Å². The number of hydrogen-bond donors (Lipinski definition) is 1. The zero-order valence-corrected chi connectivity index (χ0v) is 17.1. The Labute approximate surface area is 177 Å². The number of ether oxygens (including phenoxy) is 2. The number of benzene rings is 2. The van der Waals surface area contributed by atoms with E-state index in [1.807, 2.05) is 47.4 Å². The van der Waals surface area contributed by atoms with Crippen molar-refractivity contribution in [2.24, 2.45) is 0 Å². The summed E-state index contributed by atoms with van der Waals surface area (Å²) in [6, 6.07) is 16.7. The minimum absolute atomic E-state index is 0.151. The predicted octanol–water partition coefficient (Wildman–Crippen LogP) is 3.34. The standard InChI is InChI=1S/C24H28N2O4/c27-23-9-4-14-26(23)16-22(18-6-2-1-3-7-18)25-24(28)19-10-12-20(13-11-19)30-17-21-8-5-15-29-21/h1-3,6-7,10-13,21-22H,4-5,8-9,14-17H2,(H,25,28). The van der Waals surface area contributed by atoms with Crippen LogP contribution < -0.4 is 10.1 Å². The van der Waals surface area contributed by atoms with Gasteiger partial charge >= 0.3 is 0 Å². The van der Waals surface area contributed by atoms with Crippen LogP contribution in [0.2, 0.25) is 0 Å². The highest BCUT2D eigenvalue weighted by Gasteiger charge is 2.25. The van der Waals surface area contributed by atoms with E-state index >= 15 is 0 Å². The number of hydrogen-bond acceptors (Lipinski definition) is 4. The molecule has 4 rings (SSSR count). The third kappa shape index (κ3) is 5.19. The second-order valence-electron chi connectivity index (χ2n) is 7.85. The van der Waals surface area contributed by atoms with Gasteiger partial charge < -0.3 is 19.7 Å². The van der Waals surface area contributed by atoms with Crippen molar-refractivity contribution in [3.8, 4) is 5.75 Å². The molecule has 158 valence electrons. The number of rotatable bonds is 8. The second kappa shape index (κ2) is 9.76. The maximum Gasteiger partial charge on any atom is 0.251 e. The number of nitrogens with one attached hydrogen (secondary N) is 1. The van der Waals surface area contributed by atoms with Crippen molar-refractivity contribution in [3.63, 3.8) is 0 Å². The Morgan fingerprint density at radius 2 is 1.93 bits per heavy atom. The SMILES string of the molecule is O=C(NC(CN1CCCC1=O)c1ccccc1)c1ccc(OCC2CCCO2)cc1. The Bertz CT molecular complexity index is 847. The van der Waals surface area contributed by atoms with Gasteiger partial charge in [0.2, 0.25) is 5.91 Å². The summed E-state index contributed by atoms with van der Waals surface area (Å²) < 4.78 is 11.3. The molecule has 2 saturated heterocycles. The third-order valence-corrected chi connectivity index (χ3v) is 5.66. The van der Waals surface area contributed by atoms with Gasteiger partial charge in [-0.15, -0.1) is 0 Å². The molecule has 0 radical (unpaired) electrons. The van der Waals surface area contributed by atoms with Gasteiger partial charge in [-0.2, -0.15) is 0 Å². The summed E-state index contributed by atoms with van der Waals surface area (Å²) in [7, 11) is 0. The van der Waals surface area contributed by atoms with Crippen LogP contribution in [-0.2, 0) is 9.53 Å². The van der Waals surface area contributed by atoms with Crippen LogP contribution in [0.3, 0.4) is 0 Å². The van der Waals surface area contributed by atoms with Crippen molar-refractivity contribution < 1.29 is 19.1 Å². The quantitative estimate of drug-likeness (QED) is 0.728. The van der Waals surface area contributed by atoms with E-state index in [9.17, 15) is 9.59 Å². The van der Waals surface area contributed by atoms with Crippen molar-refractivity contribution in [3.05, 3.63) is 65.7 Å². The summed E-state index contributed by atoms with van der Waals surface area (Å²) in [5, 5.41) is 3.10. The molecule has 6 nitrogen and oxygen atoms in total. The first-order valence-electron chi connectivity index (χ1n) is 10.7. The molecule has 2 fully saturated rings. The first kappa shape index (κ1) is 20.4. The Morgan fingerprint density at radius 3 is 2.60 bits per heavy atom. The summed E-state index contributed by atoms with van der Waals surface area (Å²) in [5.74, 6) is 0.712. The first-order valence-corrected chi connectivity index (χ1v) is 10.7. The summed E-state index contributed by atoms with van der Waals surface area (Å²) in [5.41, 5.74) is 1.55. The zero-order chi connectivity index (χ0) is 20.8. The largest absolute Gasteiger partial charge is 0.491 e. The minimum Gasteiger partial charge on any atom is -0.491 e. The fraction of sp³-hybridized carbons (Fsp3) is 0.417. The van der Waals surface area contributed by atoms with Crippen molar-refractivity contribution in [1.29, 1.82) is 0 Å². The first-order chi connectivity index (χ1) is 14.7. The van der Waals surface area contributed by atoms with Crippen molar-refractivity contribution in [2.75, 3.05) is 26.3 Å². The third-order valence-electron chi connectivity index (χ3n) is 5.66. The molecule has 2 atom stereocenters. The van der Waals surface area contributed by atoms with E-state index in [-0.39, 0.29) is 24.0 Å². The lowest BCUT2D eigenvalue weighted by molar-refractivity contribution is -0.128. The molecule has 1 N–H and O–H groups in total. The lowest BCUT2D eigenvalue weighted by Crippen LogP contribution is -2.38. The molecule has 2 amide bonds. The van der Waals surface area contributed by atoms with Gasteiger partial charge in [0.05, 0.1) is 12.1 Å². The molecule has 6 heteroatoms. The van der Waals surface area contributed by atoms with Gasteiger partial charge in [0.25, 0.3) is 5.91 Å². The molecule has 2 aromatic rings. The van der Waals surface area contributed by atoms with Crippen LogP contribution >= 0.6 is 0 Å². The Balaban J connectivity index is 1.39. The maximum atomic E-state index is 12.9. The summed E-state index contributed by atoms with van der Waals surface area (Å²) in [6.45, 7) is 2.57.